The van der Waals surface area contributed by atoms with E-state index >= 15 is 0 Å². The molecule has 0 saturated carbocycles. The summed E-state index contributed by atoms with van der Waals surface area (Å²) in [5.74, 6) is 0.790. The van der Waals surface area contributed by atoms with Crippen molar-refractivity contribution in [3.05, 3.63) is 23.0 Å². The minimum Gasteiger partial charge on any atom is -0.366 e. The average molecular weight is 163 g/mol. The third-order valence-electron chi connectivity index (χ3n) is 1.62. The van der Waals surface area contributed by atoms with Crippen LogP contribution in [0.3, 0.4) is 0 Å². The number of aliphatic imine (C=N–C) groups is 1. The Morgan fingerprint density at radius 3 is 3.00 bits per heavy atom. The Hall–Kier alpha value is -1.38. The number of rotatable bonds is 2. The number of dihydropyridines is 1. The minimum absolute atomic E-state index is 0.790. The Morgan fingerprint density at radius 1 is 1.67 bits per heavy atom. The molecular formula is C9H13N3. The second kappa shape index (κ2) is 3.85. The SMILES string of the molecule is C/C=N\C1=C(C=N)C=C(C)CN1. The molecule has 1 aliphatic heterocycles. The summed E-state index contributed by atoms with van der Waals surface area (Å²) >= 11 is 0. The molecule has 0 bridgehead atoms. The second-order valence-corrected chi connectivity index (χ2v) is 2.68. The molecule has 0 radical (unpaired) electrons. The first-order valence-electron chi connectivity index (χ1n) is 3.92. The molecule has 0 saturated heterocycles. The quantitative estimate of drug-likeness (QED) is 0.595. The molecule has 0 aliphatic carbocycles. The zero-order valence-electron chi connectivity index (χ0n) is 7.39. The molecule has 0 aromatic rings. The van der Waals surface area contributed by atoms with Crippen LogP contribution in [0, 0.1) is 5.41 Å². The van der Waals surface area contributed by atoms with Gasteiger partial charge in [-0.2, -0.15) is 0 Å². The van der Waals surface area contributed by atoms with Crippen molar-refractivity contribution in [3.63, 3.8) is 0 Å². The van der Waals surface area contributed by atoms with Gasteiger partial charge in [0, 0.05) is 24.5 Å². The molecule has 1 rings (SSSR count). The zero-order chi connectivity index (χ0) is 8.97. The molecule has 3 heteroatoms. The van der Waals surface area contributed by atoms with E-state index in [2.05, 4.69) is 10.3 Å². The molecule has 2 N–H and O–H groups in total. The van der Waals surface area contributed by atoms with Gasteiger partial charge in [0.15, 0.2) is 0 Å². The largest absolute Gasteiger partial charge is 0.366 e. The van der Waals surface area contributed by atoms with E-state index in [0.717, 1.165) is 17.9 Å². The fraction of sp³-hybridized carbons (Fsp3) is 0.333. The molecule has 0 atom stereocenters. The highest BCUT2D eigenvalue weighted by Crippen LogP contribution is 2.10. The summed E-state index contributed by atoms with van der Waals surface area (Å²) in [5.41, 5.74) is 2.07. The Balaban J connectivity index is 2.98. The molecule has 1 heterocycles. The van der Waals surface area contributed by atoms with Crippen LogP contribution in [0.4, 0.5) is 0 Å². The maximum Gasteiger partial charge on any atom is 0.134 e. The van der Waals surface area contributed by atoms with Crippen LogP contribution in [-0.2, 0) is 0 Å². The average Bonchev–Trinajstić information content (AvgIpc) is 2.08. The number of hydrogen-bond donors (Lipinski definition) is 2. The summed E-state index contributed by atoms with van der Waals surface area (Å²) in [6.07, 6.45) is 5.02. The Bertz CT molecular complexity index is 271. The highest BCUT2D eigenvalue weighted by molar-refractivity contribution is 5.82. The summed E-state index contributed by atoms with van der Waals surface area (Å²) in [6, 6.07) is 0. The summed E-state index contributed by atoms with van der Waals surface area (Å²) in [4.78, 5) is 4.12. The number of hydrogen-bond acceptors (Lipinski definition) is 3. The van der Waals surface area contributed by atoms with E-state index in [1.807, 2.05) is 19.9 Å². The molecule has 3 nitrogen and oxygen atoms in total. The van der Waals surface area contributed by atoms with Gasteiger partial charge in [0.2, 0.25) is 0 Å². The van der Waals surface area contributed by atoms with Crippen molar-refractivity contribution in [1.82, 2.24) is 5.32 Å². The lowest BCUT2D eigenvalue weighted by Crippen LogP contribution is -2.20. The van der Waals surface area contributed by atoms with Gasteiger partial charge in [-0.05, 0) is 19.9 Å². The Kier molecular flexibility index (Phi) is 2.80. The van der Waals surface area contributed by atoms with Crippen molar-refractivity contribution in [2.45, 2.75) is 13.8 Å². The van der Waals surface area contributed by atoms with Crippen molar-refractivity contribution in [2.24, 2.45) is 4.99 Å². The molecule has 0 spiro atoms. The molecule has 64 valence electrons. The topological polar surface area (TPSA) is 48.2 Å². The van der Waals surface area contributed by atoms with Crippen LogP contribution in [0.2, 0.25) is 0 Å². The maximum absolute atomic E-state index is 7.15. The third kappa shape index (κ3) is 1.81. The van der Waals surface area contributed by atoms with Crippen LogP contribution < -0.4 is 5.32 Å². The van der Waals surface area contributed by atoms with E-state index in [-0.39, 0.29) is 0 Å². The summed E-state index contributed by atoms with van der Waals surface area (Å²) < 4.78 is 0. The van der Waals surface area contributed by atoms with E-state index in [1.54, 1.807) is 6.21 Å². The lowest BCUT2D eigenvalue weighted by atomic mass is 10.1. The highest BCUT2D eigenvalue weighted by atomic mass is 15.0. The van der Waals surface area contributed by atoms with Crippen molar-refractivity contribution >= 4 is 12.4 Å². The summed E-state index contributed by atoms with van der Waals surface area (Å²) in [7, 11) is 0. The third-order valence-corrected chi connectivity index (χ3v) is 1.62. The van der Waals surface area contributed by atoms with E-state index in [0.29, 0.717) is 0 Å². The van der Waals surface area contributed by atoms with Gasteiger partial charge >= 0.3 is 0 Å². The zero-order valence-corrected chi connectivity index (χ0v) is 7.39. The minimum atomic E-state index is 0.790. The smallest absolute Gasteiger partial charge is 0.134 e. The Morgan fingerprint density at radius 2 is 2.42 bits per heavy atom. The van der Waals surface area contributed by atoms with Gasteiger partial charge in [-0.3, -0.25) is 0 Å². The van der Waals surface area contributed by atoms with E-state index in [4.69, 9.17) is 5.41 Å². The summed E-state index contributed by atoms with van der Waals surface area (Å²) in [6.45, 7) is 4.72. The van der Waals surface area contributed by atoms with Gasteiger partial charge in [0.05, 0.1) is 0 Å². The highest BCUT2D eigenvalue weighted by Gasteiger charge is 2.06. The predicted molar refractivity (Wildman–Crippen MR) is 51.7 cm³/mol. The standard InChI is InChI=1S/C9H13N3/c1-3-11-9-8(5-10)4-7(2)6-12-9/h3-5,10,12H,6H2,1-2H3/b10-5?,11-3-. The number of allylic oxidation sites excluding steroid dienone is 2. The van der Waals surface area contributed by atoms with E-state index in [9.17, 15) is 0 Å². The van der Waals surface area contributed by atoms with Crippen LogP contribution in [0.1, 0.15) is 13.8 Å². The van der Waals surface area contributed by atoms with Crippen LogP contribution in [0.25, 0.3) is 0 Å². The van der Waals surface area contributed by atoms with E-state index in [1.165, 1.54) is 11.8 Å². The molecule has 0 amide bonds. The van der Waals surface area contributed by atoms with Crippen LogP contribution in [0.5, 0.6) is 0 Å². The van der Waals surface area contributed by atoms with Crippen molar-refractivity contribution in [2.75, 3.05) is 6.54 Å². The first-order chi connectivity index (χ1) is 5.77. The van der Waals surface area contributed by atoms with Gasteiger partial charge in [0.1, 0.15) is 5.82 Å². The van der Waals surface area contributed by atoms with Crippen LogP contribution >= 0.6 is 0 Å². The molecular weight excluding hydrogens is 150 g/mol. The molecule has 0 aromatic carbocycles. The maximum atomic E-state index is 7.15. The van der Waals surface area contributed by atoms with E-state index < -0.39 is 0 Å². The van der Waals surface area contributed by atoms with Crippen LogP contribution in [0.15, 0.2) is 28.0 Å². The molecule has 0 unspecified atom stereocenters. The lowest BCUT2D eigenvalue weighted by Gasteiger charge is -2.14. The number of nitrogens with zero attached hydrogens (tertiary/aromatic N) is 1. The first kappa shape index (κ1) is 8.71. The van der Waals surface area contributed by atoms with Crippen LogP contribution in [-0.4, -0.2) is 19.0 Å². The lowest BCUT2D eigenvalue weighted by molar-refractivity contribution is 0.834. The molecule has 1 aliphatic rings. The monoisotopic (exact) mass is 163 g/mol. The second-order valence-electron chi connectivity index (χ2n) is 2.68. The van der Waals surface area contributed by atoms with Gasteiger partial charge in [-0.15, -0.1) is 0 Å². The van der Waals surface area contributed by atoms with Gasteiger partial charge in [-0.25, -0.2) is 4.99 Å². The van der Waals surface area contributed by atoms with Crippen molar-refractivity contribution < 1.29 is 0 Å². The summed E-state index contributed by atoms with van der Waals surface area (Å²) in [5, 5.41) is 10.3. The molecule has 12 heavy (non-hydrogen) atoms. The number of nitrogens with one attached hydrogen (secondary N) is 2. The van der Waals surface area contributed by atoms with Gasteiger partial charge < -0.3 is 10.7 Å². The van der Waals surface area contributed by atoms with Crippen molar-refractivity contribution in [1.29, 1.82) is 5.41 Å². The van der Waals surface area contributed by atoms with Gasteiger partial charge in [0.25, 0.3) is 0 Å². The Labute approximate surface area is 72.4 Å². The van der Waals surface area contributed by atoms with Gasteiger partial charge in [-0.1, -0.05) is 5.57 Å². The fourth-order valence-electron chi connectivity index (χ4n) is 1.07. The molecule has 0 aromatic heterocycles. The first-order valence-corrected chi connectivity index (χ1v) is 3.92. The predicted octanol–water partition coefficient (Wildman–Crippen LogP) is 1.49. The molecule has 0 fully saturated rings. The van der Waals surface area contributed by atoms with Crippen molar-refractivity contribution in [3.8, 4) is 0 Å². The fourth-order valence-corrected chi connectivity index (χ4v) is 1.07. The normalized spacial score (nSPS) is 17.7.